The van der Waals surface area contributed by atoms with Crippen LogP contribution in [0, 0.1) is 0 Å². The van der Waals surface area contributed by atoms with Crippen LogP contribution in [0.15, 0.2) is 24.3 Å². The quantitative estimate of drug-likeness (QED) is 0.837. The van der Waals surface area contributed by atoms with E-state index in [9.17, 15) is 4.79 Å². The molecule has 0 heterocycles. The van der Waals surface area contributed by atoms with Gasteiger partial charge >= 0.3 is 0 Å². The molecule has 17 heavy (non-hydrogen) atoms. The number of carbonyl (C=O) groups is 1. The number of thioether (sulfide) groups is 1. The minimum absolute atomic E-state index is 0. The Kier molecular flexibility index (Phi) is 8.94. The lowest BCUT2D eigenvalue weighted by atomic mass is 10.1. The highest BCUT2D eigenvalue weighted by molar-refractivity contribution is 7.98. The average molecular weight is 275 g/mol. The number of rotatable bonds is 6. The van der Waals surface area contributed by atoms with Gasteiger partial charge in [-0.1, -0.05) is 12.1 Å². The second kappa shape index (κ2) is 9.33. The van der Waals surface area contributed by atoms with Crippen LogP contribution in [0.25, 0.3) is 0 Å². The third-order valence-corrected chi connectivity index (χ3v) is 2.82. The molecule has 1 aromatic carbocycles. The summed E-state index contributed by atoms with van der Waals surface area (Å²) in [5, 5.41) is 2.80. The predicted octanol–water partition coefficient (Wildman–Crippen LogP) is 2.30. The molecule has 0 atom stereocenters. The normalized spacial score (nSPS) is 9.53. The third-order valence-electron chi connectivity index (χ3n) is 2.20. The molecule has 0 unspecified atom stereocenters. The number of amides is 1. The maximum atomic E-state index is 11.3. The van der Waals surface area contributed by atoms with E-state index in [0.717, 1.165) is 17.9 Å². The van der Waals surface area contributed by atoms with E-state index in [1.165, 1.54) is 5.56 Å². The lowest BCUT2D eigenvalue weighted by molar-refractivity contribution is -0.116. The van der Waals surface area contributed by atoms with Gasteiger partial charge in [0, 0.05) is 18.7 Å². The molecule has 0 aromatic heterocycles. The smallest absolute Gasteiger partial charge is 0.225 e. The van der Waals surface area contributed by atoms with Crippen molar-refractivity contribution in [1.82, 2.24) is 0 Å². The first-order valence-electron chi connectivity index (χ1n) is 5.34. The Bertz CT molecular complexity index is 330. The van der Waals surface area contributed by atoms with Gasteiger partial charge in [-0.2, -0.15) is 11.8 Å². The first-order valence-corrected chi connectivity index (χ1v) is 6.73. The highest BCUT2D eigenvalue weighted by Gasteiger charge is 2.00. The van der Waals surface area contributed by atoms with Gasteiger partial charge in [-0.15, -0.1) is 12.4 Å². The highest BCUT2D eigenvalue weighted by Crippen LogP contribution is 2.11. The summed E-state index contributed by atoms with van der Waals surface area (Å²) in [7, 11) is 0. The minimum Gasteiger partial charge on any atom is -0.330 e. The number of aryl methyl sites for hydroxylation is 1. The van der Waals surface area contributed by atoms with Crippen LogP contribution in [-0.2, 0) is 11.2 Å². The van der Waals surface area contributed by atoms with Crippen molar-refractivity contribution in [2.24, 2.45) is 5.73 Å². The van der Waals surface area contributed by atoms with E-state index in [2.05, 4.69) is 11.6 Å². The van der Waals surface area contributed by atoms with Gasteiger partial charge in [-0.25, -0.2) is 0 Å². The van der Waals surface area contributed by atoms with Gasteiger partial charge in [0.2, 0.25) is 5.91 Å². The van der Waals surface area contributed by atoms with Crippen molar-refractivity contribution in [3.63, 3.8) is 0 Å². The van der Waals surface area contributed by atoms with Crippen LogP contribution >= 0.6 is 24.2 Å². The number of benzene rings is 1. The van der Waals surface area contributed by atoms with Crippen molar-refractivity contribution < 1.29 is 4.79 Å². The molecule has 1 rings (SSSR count). The van der Waals surface area contributed by atoms with E-state index in [1.807, 2.05) is 36.0 Å². The Morgan fingerprint density at radius 2 is 2.00 bits per heavy atom. The molecule has 1 amide bonds. The molecule has 0 saturated heterocycles. The Morgan fingerprint density at radius 1 is 1.35 bits per heavy atom. The summed E-state index contributed by atoms with van der Waals surface area (Å²) in [6.07, 6.45) is 3.54. The fraction of sp³-hybridized carbons (Fsp3) is 0.417. The van der Waals surface area contributed by atoms with E-state index in [4.69, 9.17) is 5.73 Å². The number of nitrogens with one attached hydrogen (secondary N) is 1. The van der Waals surface area contributed by atoms with Crippen molar-refractivity contribution in [1.29, 1.82) is 0 Å². The first-order chi connectivity index (χ1) is 7.76. The lowest BCUT2D eigenvalue weighted by Crippen LogP contribution is -2.16. The Balaban J connectivity index is 0.00000256. The largest absolute Gasteiger partial charge is 0.330 e. The molecule has 5 heteroatoms. The van der Waals surface area contributed by atoms with Gasteiger partial charge in [0.25, 0.3) is 0 Å². The second-order valence-electron chi connectivity index (χ2n) is 3.53. The van der Waals surface area contributed by atoms with Crippen molar-refractivity contribution >= 4 is 35.8 Å². The van der Waals surface area contributed by atoms with Crippen LogP contribution in [0.3, 0.4) is 0 Å². The SMILES string of the molecule is CSCCc1ccc(NC(=O)CCN)cc1.Cl. The van der Waals surface area contributed by atoms with Crippen LogP contribution in [0.1, 0.15) is 12.0 Å². The maximum Gasteiger partial charge on any atom is 0.225 e. The molecule has 1 aromatic rings. The van der Waals surface area contributed by atoms with Gasteiger partial charge in [0.15, 0.2) is 0 Å². The molecule has 0 saturated carbocycles. The summed E-state index contributed by atoms with van der Waals surface area (Å²) in [5.74, 6) is 1.10. The zero-order valence-electron chi connectivity index (χ0n) is 9.94. The van der Waals surface area contributed by atoms with E-state index in [1.54, 1.807) is 0 Å². The summed E-state index contributed by atoms with van der Waals surface area (Å²) in [5.41, 5.74) is 7.44. The molecular weight excluding hydrogens is 256 g/mol. The fourth-order valence-corrected chi connectivity index (χ4v) is 1.77. The lowest BCUT2D eigenvalue weighted by Gasteiger charge is -2.05. The van der Waals surface area contributed by atoms with Crippen LogP contribution in [-0.4, -0.2) is 24.5 Å². The van der Waals surface area contributed by atoms with Gasteiger partial charge in [0.1, 0.15) is 0 Å². The maximum absolute atomic E-state index is 11.3. The van der Waals surface area contributed by atoms with Crippen LogP contribution in [0.4, 0.5) is 5.69 Å². The number of hydrogen-bond acceptors (Lipinski definition) is 3. The highest BCUT2D eigenvalue weighted by atomic mass is 35.5. The zero-order chi connectivity index (χ0) is 11.8. The number of nitrogens with two attached hydrogens (primary N) is 1. The van der Waals surface area contributed by atoms with Gasteiger partial charge in [0.05, 0.1) is 0 Å². The number of hydrogen-bond donors (Lipinski definition) is 2. The summed E-state index contributed by atoms with van der Waals surface area (Å²) in [6, 6.07) is 7.97. The van der Waals surface area contributed by atoms with Crippen LogP contribution in [0.5, 0.6) is 0 Å². The molecule has 0 aliphatic rings. The van der Waals surface area contributed by atoms with Crippen molar-refractivity contribution in [3.05, 3.63) is 29.8 Å². The van der Waals surface area contributed by atoms with Crippen molar-refractivity contribution in [3.8, 4) is 0 Å². The van der Waals surface area contributed by atoms with Gasteiger partial charge < -0.3 is 11.1 Å². The molecule has 3 N–H and O–H groups in total. The zero-order valence-corrected chi connectivity index (χ0v) is 11.6. The van der Waals surface area contributed by atoms with E-state index in [-0.39, 0.29) is 18.3 Å². The minimum atomic E-state index is -0.0284. The standard InChI is InChI=1S/C12H18N2OS.ClH/c1-16-9-7-10-2-4-11(5-3-10)14-12(15)6-8-13;/h2-5H,6-9,13H2,1H3,(H,14,15);1H. The third kappa shape index (κ3) is 6.56. The summed E-state index contributed by atoms with van der Waals surface area (Å²) >= 11 is 1.83. The molecule has 0 aliphatic heterocycles. The van der Waals surface area contributed by atoms with Gasteiger partial charge in [-0.05, 0) is 36.1 Å². The predicted molar refractivity (Wildman–Crippen MR) is 78.1 cm³/mol. The summed E-state index contributed by atoms with van der Waals surface area (Å²) in [4.78, 5) is 11.3. The number of anilines is 1. The molecule has 0 aliphatic carbocycles. The number of carbonyl (C=O) groups excluding carboxylic acids is 1. The monoisotopic (exact) mass is 274 g/mol. The first kappa shape index (κ1) is 16.3. The van der Waals surface area contributed by atoms with E-state index < -0.39 is 0 Å². The Hall–Kier alpha value is -0.710. The summed E-state index contributed by atoms with van der Waals surface area (Å²) in [6.45, 7) is 0.387. The molecule has 3 nitrogen and oxygen atoms in total. The molecular formula is C12H19ClN2OS. The van der Waals surface area contributed by atoms with Crippen molar-refractivity contribution in [2.75, 3.05) is 23.9 Å². The van der Waals surface area contributed by atoms with E-state index in [0.29, 0.717) is 13.0 Å². The Labute approximate surface area is 113 Å². The second-order valence-corrected chi connectivity index (χ2v) is 4.51. The molecule has 0 fully saturated rings. The average Bonchev–Trinajstić information content (AvgIpc) is 2.28. The topological polar surface area (TPSA) is 55.1 Å². The van der Waals surface area contributed by atoms with Crippen molar-refractivity contribution in [2.45, 2.75) is 12.8 Å². The van der Waals surface area contributed by atoms with E-state index >= 15 is 0 Å². The fourth-order valence-electron chi connectivity index (χ4n) is 1.33. The molecule has 0 spiro atoms. The molecule has 0 radical (unpaired) electrons. The summed E-state index contributed by atoms with van der Waals surface area (Å²) < 4.78 is 0. The van der Waals surface area contributed by atoms with Crippen LogP contribution in [0.2, 0.25) is 0 Å². The Morgan fingerprint density at radius 3 is 2.53 bits per heavy atom. The van der Waals surface area contributed by atoms with Gasteiger partial charge in [-0.3, -0.25) is 4.79 Å². The molecule has 0 bridgehead atoms. The number of halogens is 1. The van der Waals surface area contributed by atoms with Crippen LogP contribution < -0.4 is 11.1 Å². The molecule has 96 valence electrons.